The molecule has 0 saturated heterocycles. The van der Waals surface area contributed by atoms with Crippen LogP contribution in [0.1, 0.15) is 12.0 Å². The number of anilines is 2. The number of aryl methyl sites for hydroxylation is 1. The Balaban J connectivity index is 1.66. The minimum atomic E-state index is -0.458. The van der Waals surface area contributed by atoms with E-state index in [1.807, 2.05) is 0 Å². The molecule has 20 heavy (non-hydrogen) atoms. The number of benzene rings is 1. The summed E-state index contributed by atoms with van der Waals surface area (Å²) in [7, 11) is 0. The maximum atomic E-state index is 10.2. The number of fused-ring (bicyclic) bond motifs is 1. The lowest BCUT2D eigenvalue weighted by molar-refractivity contribution is 0.154. The molecule has 1 aromatic heterocycles. The SMILES string of the molecule is Nc1cnn(CC(O)CN2CCCc3ccccc32)c1. The summed E-state index contributed by atoms with van der Waals surface area (Å²) in [5, 5.41) is 14.4. The monoisotopic (exact) mass is 272 g/mol. The predicted octanol–water partition coefficient (Wildman–Crippen LogP) is 1.28. The lowest BCUT2D eigenvalue weighted by Gasteiger charge is -2.32. The normalized spacial score (nSPS) is 15.9. The van der Waals surface area contributed by atoms with Crippen LogP contribution in [0.5, 0.6) is 0 Å². The Morgan fingerprint density at radius 3 is 2.95 bits per heavy atom. The molecule has 3 N–H and O–H groups in total. The van der Waals surface area contributed by atoms with E-state index in [2.05, 4.69) is 34.3 Å². The highest BCUT2D eigenvalue weighted by molar-refractivity contribution is 5.55. The zero-order valence-electron chi connectivity index (χ0n) is 11.4. The minimum absolute atomic E-state index is 0.458. The van der Waals surface area contributed by atoms with Crippen molar-refractivity contribution < 1.29 is 5.11 Å². The molecule has 0 fully saturated rings. The summed E-state index contributed by atoms with van der Waals surface area (Å²) in [5.74, 6) is 0. The molecular weight excluding hydrogens is 252 g/mol. The van der Waals surface area contributed by atoms with Crippen molar-refractivity contribution in [2.45, 2.75) is 25.5 Å². The molecule has 0 saturated carbocycles. The van der Waals surface area contributed by atoms with Crippen molar-refractivity contribution in [3.63, 3.8) is 0 Å². The Kier molecular flexibility index (Phi) is 3.60. The number of para-hydroxylation sites is 1. The number of aromatic nitrogens is 2. The molecule has 1 atom stereocenters. The van der Waals surface area contributed by atoms with Crippen LogP contribution in [0.15, 0.2) is 36.7 Å². The maximum Gasteiger partial charge on any atom is 0.0910 e. The molecule has 2 aromatic rings. The second kappa shape index (κ2) is 5.54. The van der Waals surface area contributed by atoms with Gasteiger partial charge in [-0.3, -0.25) is 4.68 Å². The second-order valence-corrected chi connectivity index (χ2v) is 5.33. The number of aliphatic hydroxyl groups is 1. The Labute approximate surface area is 118 Å². The Morgan fingerprint density at radius 1 is 1.30 bits per heavy atom. The van der Waals surface area contributed by atoms with Gasteiger partial charge in [-0.15, -0.1) is 0 Å². The molecule has 0 amide bonds. The molecule has 3 rings (SSSR count). The van der Waals surface area contributed by atoms with Crippen molar-refractivity contribution >= 4 is 11.4 Å². The summed E-state index contributed by atoms with van der Waals surface area (Å²) in [6.45, 7) is 2.09. The van der Waals surface area contributed by atoms with Gasteiger partial charge < -0.3 is 15.7 Å². The number of hydrogen-bond donors (Lipinski definition) is 2. The van der Waals surface area contributed by atoms with Gasteiger partial charge in [0, 0.05) is 25.0 Å². The van der Waals surface area contributed by atoms with E-state index >= 15 is 0 Å². The van der Waals surface area contributed by atoms with Gasteiger partial charge in [0.1, 0.15) is 0 Å². The Hall–Kier alpha value is -2.01. The van der Waals surface area contributed by atoms with Gasteiger partial charge in [0.05, 0.1) is 24.5 Å². The van der Waals surface area contributed by atoms with E-state index in [0.717, 1.165) is 19.4 Å². The number of aliphatic hydroxyl groups excluding tert-OH is 1. The van der Waals surface area contributed by atoms with Gasteiger partial charge in [-0.2, -0.15) is 5.10 Å². The summed E-state index contributed by atoms with van der Waals surface area (Å²) in [5.41, 5.74) is 8.87. The van der Waals surface area contributed by atoms with Gasteiger partial charge >= 0.3 is 0 Å². The van der Waals surface area contributed by atoms with Crippen molar-refractivity contribution in [1.29, 1.82) is 0 Å². The van der Waals surface area contributed by atoms with Gasteiger partial charge in [-0.25, -0.2) is 0 Å². The smallest absolute Gasteiger partial charge is 0.0910 e. The zero-order valence-corrected chi connectivity index (χ0v) is 11.4. The molecule has 0 radical (unpaired) electrons. The highest BCUT2D eigenvalue weighted by Gasteiger charge is 2.19. The molecule has 0 aliphatic carbocycles. The van der Waals surface area contributed by atoms with Gasteiger partial charge in [-0.05, 0) is 24.5 Å². The first kappa shape index (κ1) is 13.0. The number of rotatable bonds is 4. The predicted molar refractivity (Wildman–Crippen MR) is 79.6 cm³/mol. The van der Waals surface area contributed by atoms with Crippen molar-refractivity contribution in [3.05, 3.63) is 42.2 Å². The van der Waals surface area contributed by atoms with E-state index in [1.54, 1.807) is 17.1 Å². The molecule has 1 unspecified atom stereocenters. The molecule has 5 heteroatoms. The lowest BCUT2D eigenvalue weighted by atomic mass is 10.0. The average Bonchev–Trinajstić information content (AvgIpc) is 2.84. The van der Waals surface area contributed by atoms with Crippen LogP contribution in [0.4, 0.5) is 11.4 Å². The second-order valence-electron chi connectivity index (χ2n) is 5.33. The van der Waals surface area contributed by atoms with Gasteiger partial charge in [0.25, 0.3) is 0 Å². The first-order valence-corrected chi connectivity index (χ1v) is 7.01. The number of nitrogens with two attached hydrogens (primary N) is 1. The van der Waals surface area contributed by atoms with Gasteiger partial charge in [0.15, 0.2) is 0 Å². The molecule has 0 bridgehead atoms. The van der Waals surface area contributed by atoms with E-state index in [4.69, 9.17) is 5.73 Å². The van der Waals surface area contributed by atoms with Crippen molar-refractivity contribution in [1.82, 2.24) is 9.78 Å². The van der Waals surface area contributed by atoms with Crippen LogP contribution >= 0.6 is 0 Å². The van der Waals surface area contributed by atoms with E-state index in [1.165, 1.54) is 11.3 Å². The number of hydrogen-bond acceptors (Lipinski definition) is 4. The van der Waals surface area contributed by atoms with Crippen LogP contribution in [0, 0.1) is 0 Å². The fourth-order valence-electron chi connectivity index (χ4n) is 2.81. The molecule has 2 heterocycles. The maximum absolute atomic E-state index is 10.2. The fraction of sp³-hybridized carbons (Fsp3) is 0.400. The highest BCUT2D eigenvalue weighted by Crippen LogP contribution is 2.26. The van der Waals surface area contributed by atoms with Crippen molar-refractivity contribution in [2.75, 3.05) is 23.7 Å². The van der Waals surface area contributed by atoms with Gasteiger partial charge in [-0.1, -0.05) is 18.2 Å². The topological polar surface area (TPSA) is 67.3 Å². The molecule has 1 aliphatic heterocycles. The van der Waals surface area contributed by atoms with Crippen LogP contribution in [0.2, 0.25) is 0 Å². The zero-order chi connectivity index (χ0) is 13.9. The largest absolute Gasteiger partial charge is 0.396 e. The Bertz CT molecular complexity index is 581. The molecule has 106 valence electrons. The third-order valence-electron chi connectivity index (χ3n) is 3.69. The Morgan fingerprint density at radius 2 is 2.15 bits per heavy atom. The van der Waals surface area contributed by atoms with Crippen LogP contribution in [0.25, 0.3) is 0 Å². The first-order chi connectivity index (χ1) is 9.72. The fourth-order valence-corrected chi connectivity index (χ4v) is 2.81. The molecule has 1 aliphatic rings. The number of nitrogens with zero attached hydrogens (tertiary/aromatic N) is 3. The van der Waals surface area contributed by atoms with Crippen molar-refractivity contribution in [2.24, 2.45) is 0 Å². The van der Waals surface area contributed by atoms with Crippen molar-refractivity contribution in [3.8, 4) is 0 Å². The third kappa shape index (κ3) is 2.77. The minimum Gasteiger partial charge on any atom is -0.396 e. The summed E-state index contributed by atoms with van der Waals surface area (Å²) < 4.78 is 1.69. The quantitative estimate of drug-likeness (QED) is 0.880. The standard InChI is InChI=1S/C15H20N4O/c16-13-8-17-19(9-13)11-14(20)10-18-7-3-5-12-4-1-2-6-15(12)18/h1-2,4,6,8-9,14,20H,3,5,7,10-11,16H2. The lowest BCUT2D eigenvalue weighted by Crippen LogP contribution is -2.38. The first-order valence-electron chi connectivity index (χ1n) is 7.01. The summed E-state index contributed by atoms with van der Waals surface area (Å²) >= 11 is 0. The summed E-state index contributed by atoms with van der Waals surface area (Å²) in [6, 6.07) is 8.43. The van der Waals surface area contributed by atoms with Crippen LogP contribution in [-0.2, 0) is 13.0 Å². The third-order valence-corrected chi connectivity index (χ3v) is 3.69. The average molecular weight is 272 g/mol. The van der Waals surface area contributed by atoms with Crippen LogP contribution in [-0.4, -0.2) is 34.1 Å². The van der Waals surface area contributed by atoms with E-state index < -0.39 is 6.10 Å². The van der Waals surface area contributed by atoms with E-state index in [0.29, 0.717) is 18.8 Å². The molecule has 0 spiro atoms. The molecule has 5 nitrogen and oxygen atoms in total. The number of nitrogen functional groups attached to an aromatic ring is 1. The van der Waals surface area contributed by atoms with Gasteiger partial charge in [0.2, 0.25) is 0 Å². The van der Waals surface area contributed by atoms with E-state index in [9.17, 15) is 5.11 Å². The number of β-amino-alcohol motifs (C(OH)–C–C–N with tert-alkyl or cyclic N) is 1. The van der Waals surface area contributed by atoms with E-state index in [-0.39, 0.29) is 0 Å². The molecular formula is C15H20N4O. The molecule has 1 aromatic carbocycles. The van der Waals surface area contributed by atoms with Crippen LogP contribution in [0.3, 0.4) is 0 Å². The summed E-state index contributed by atoms with van der Waals surface area (Å²) in [6.07, 6.45) is 5.15. The summed E-state index contributed by atoms with van der Waals surface area (Å²) in [4.78, 5) is 2.26. The highest BCUT2D eigenvalue weighted by atomic mass is 16.3. The van der Waals surface area contributed by atoms with Crippen LogP contribution < -0.4 is 10.6 Å².